The van der Waals surface area contributed by atoms with Crippen molar-refractivity contribution >= 4 is 16.0 Å². The summed E-state index contributed by atoms with van der Waals surface area (Å²) >= 11 is 0. The molecule has 2 aromatic rings. The fourth-order valence-corrected chi connectivity index (χ4v) is 2.72. The van der Waals surface area contributed by atoms with Crippen molar-refractivity contribution in [1.29, 1.82) is 5.26 Å². The molecule has 23 heavy (non-hydrogen) atoms. The number of carbonyl (C=O) groups is 1. The smallest absolute Gasteiger partial charge is 0.321 e. The molecule has 0 bridgehead atoms. The summed E-state index contributed by atoms with van der Waals surface area (Å²) in [6.07, 6.45) is 0. The van der Waals surface area contributed by atoms with Crippen molar-refractivity contribution in [2.75, 3.05) is 6.54 Å². The summed E-state index contributed by atoms with van der Waals surface area (Å²) in [5.41, 5.74) is 1.22. The van der Waals surface area contributed by atoms with Gasteiger partial charge in [0.25, 0.3) is 0 Å². The fourth-order valence-electron chi connectivity index (χ4n) is 1.73. The zero-order valence-electron chi connectivity index (χ0n) is 12.1. The van der Waals surface area contributed by atoms with E-state index in [4.69, 9.17) is 10.00 Å². The first-order valence-corrected chi connectivity index (χ1v) is 8.19. The second-order valence-corrected chi connectivity index (χ2v) is 6.37. The van der Waals surface area contributed by atoms with E-state index in [1.54, 1.807) is 42.5 Å². The quantitative estimate of drug-likeness (QED) is 0.811. The number of carbonyl (C=O) groups excluding carboxylic acids is 1. The van der Waals surface area contributed by atoms with Crippen molar-refractivity contribution in [2.45, 2.75) is 11.5 Å². The molecule has 0 aliphatic carbocycles. The number of hydrogen-bond acceptors (Lipinski definition) is 5. The van der Waals surface area contributed by atoms with E-state index >= 15 is 0 Å². The van der Waals surface area contributed by atoms with Crippen LogP contribution in [0.2, 0.25) is 0 Å². The molecule has 0 radical (unpaired) electrons. The van der Waals surface area contributed by atoms with Gasteiger partial charge in [-0.2, -0.15) is 9.98 Å². The number of nitrogens with zero attached hydrogens (tertiary/aromatic N) is 1. The molecule has 0 amide bonds. The average molecular weight is 330 g/mol. The van der Waals surface area contributed by atoms with Gasteiger partial charge in [0.1, 0.15) is 13.2 Å². The molecule has 7 heteroatoms. The molecule has 0 spiro atoms. The maximum atomic E-state index is 11.9. The molecule has 2 rings (SSSR count). The minimum absolute atomic E-state index is 0.0115. The summed E-state index contributed by atoms with van der Waals surface area (Å²) in [6.45, 7) is -0.439. The van der Waals surface area contributed by atoms with Crippen LogP contribution in [0, 0.1) is 11.3 Å². The van der Waals surface area contributed by atoms with E-state index in [1.807, 2.05) is 6.07 Å². The summed E-state index contributed by atoms with van der Waals surface area (Å²) < 4.78 is 31.0. The number of hydrogen-bond donors (Lipinski definition) is 1. The van der Waals surface area contributed by atoms with Crippen LogP contribution in [0.4, 0.5) is 0 Å². The van der Waals surface area contributed by atoms with Crippen LogP contribution in [0.3, 0.4) is 0 Å². The van der Waals surface area contributed by atoms with E-state index in [0.29, 0.717) is 11.1 Å². The van der Waals surface area contributed by atoms with Crippen molar-refractivity contribution in [3.05, 3.63) is 65.7 Å². The van der Waals surface area contributed by atoms with Gasteiger partial charge in [-0.05, 0) is 29.8 Å². The molecule has 6 nitrogen and oxygen atoms in total. The molecule has 0 unspecified atom stereocenters. The van der Waals surface area contributed by atoms with Gasteiger partial charge in [0.05, 0.1) is 16.5 Å². The summed E-state index contributed by atoms with van der Waals surface area (Å²) in [5.74, 6) is -0.686. The highest BCUT2D eigenvalue weighted by Gasteiger charge is 2.15. The van der Waals surface area contributed by atoms with Crippen molar-refractivity contribution in [1.82, 2.24) is 4.72 Å². The first-order valence-electron chi connectivity index (χ1n) is 6.70. The zero-order chi connectivity index (χ0) is 16.7. The molecule has 0 aliphatic heterocycles. The molecule has 2 aromatic carbocycles. The van der Waals surface area contributed by atoms with Crippen LogP contribution in [-0.4, -0.2) is 20.9 Å². The van der Waals surface area contributed by atoms with Gasteiger partial charge < -0.3 is 4.74 Å². The number of benzene rings is 2. The maximum Gasteiger partial charge on any atom is 0.321 e. The van der Waals surface area contributed by atoms with Crippen LogP contribution in [0.25, 0.3) is 0 Å². The number of ether oxygens (including phenoxy) is 1. The second kappa shape index (κ2) is 7.54. The molecule has 0 aromatic heterocycles. The average Bonchev–Trinajstić information content (AvgIpc) is 2.59. The van der Waals surface area contributed by atoms with Gasteiger partial charge in [-0.3, -0.25) is 4.79 Å². The van der Waals surface area contributed by atoms with Gasteiger partial charge in [-0.25, -0.2) is 8.42 Å². The Kier molecular flexibility index (Phi) is 5.46. The molecule has 0 atom stereocenters. The highest BCUT2D eigenvalue weighted by molar-refractivity contribution is 7.89. The van der Waals surface area contributed by atoms with Crippen LogP contribution in [0.15, 0.2) is 59.5 Å². The van der Waals surface area contributed by atoms with Crippen molar-refractivity contribution in [2.24, 2.45) is 0 Å². The normalized spacial score (nSPS) is 10.7. The third-order valence-electron chi connectivity index (χ3n) is 2.94. The number of rotatable bonds is 6. The number of nitrogens with one attached hydrogen (secondary N) is 1. The predicted molar refractivity (Wildman–Crippen MR) is 82.6 cm³/mol. The first-order chi connectivity index (χ1) is 11.0. The molecular formula is C16H14N2O4S. The lowest BCUT2D eigenvalue weighted by Gasteiger charge is -2.07. The first kappa shape index (κ1) is 16.7. The molecule has 0 heterocycles. The van der Waals surface area contributed by atoms with Gasteiger partial charge in [-0.1, -0.05) is 30.3 Å². The monoisotopic (exact) mass is 330 g/mol. The van der Waals surface area contributed by atoms with E-state index in [1.165, 1.54) is 12.1 Å². The number of esters is 1. The lowest BCUT2D eigenvalue weighted by molar-refractivity contribution is -0.143. The third-order valence-corrected chi connectivity index (χ3v) is 4.36. The molecule has 0 fully saturated rings. The van der Waals surface area contributed by atoms with Crippen LogP contribution >= 0.6 is 0 Å². The lowest BCUT2D eigenvalue weighted by atomic mass is 10.2. The molecular weight excluding hydrogens is 316 g/mol. The largest absolute Gasteiger partial charge is 0.460 e. The minimum atomic E-state index is -3.73. The standard InChI is InChI=1S/C16H14N2O4S/c17-10-13-6-8-14(9-7-13)12-22-16(19)11-18-23(20,21)15-4-2-1-3-5-15/h1-9,18H,11-12H2. The van der Waals surface area contributed by atoms with E-state index in [0.717, 1.165) is 0 Å². The fraction of sp³-hybridized carbons (Fsp3) is 0.125. The Bertz CT molecular complexity index is 809. The molecule has 0 saturated carbocycles. The Labute approximate surface area is 134 Å². The maximum absolute atomic E-state index is 11.9. The van der Waals surface area contributed by atoms with Crippen molar-refractivity contribution in [3.63, 3.8) is 0 Å². The lowest BCUT2D eigenvalue weighted by Crippen LogP contribution is -2.30. The summed E-state index contributed by atoms with van der Waals surface area (Å²) in [4.78, 5) is 11.7. The topological polar surface area (TPSA) is 96.3 Å². The Morgan fingerprint density at radius 3 is 2.35 bits per heavy atom. The summed E-state index contributed by atoms with van der Waals surface area (Å²) in [6, 6.07) is 16.3. The number of sulfonamides is 1. The van der Waals surface area contributed by atoms with E-state index in [9.17, 15) is 13.2 Å². The Morgan fingerprint density at radius 1 is 1.09 bits per heavy atom. The predicted octanol–water partition coefficient (Wildman–Crippen LogP) is 1.58. The molecule has 0 saturated heterocycles. The zero-order valence-corrected chi connectivity index (χ0v) is 12.9. The Hall–Kier alpha value is -2.69. The van der Waals surface area contributed by atoms with Crippen LogP contribution in [0.1, 0.15) is 11.1 Å². The number of nitriles is 1. The van der Waals surface area contributed by atoms with Crippen molar-refractivity contribution in [3.8, 4) is 6.07 Å². The SMILES string of the molecule is N#Cc1ccc(COC(=O)CNS(=O)(=O)c2ccccc2)cc1. The van der Waals surface area contributed by atoms with Gasteiger partial charge in [-0.15, -0.1) is 0 Å². The van der Waals surface area contributed by atoms with Gasteiger partial charge in [0, 0.05) is 0 Å². The minimum Gasteiger partial charge on any atom is -0.460 e. The van der Waals surface area contributed by atoms with Gasteiger partial charge >= 0.3 is 5.97 Å². The molecule has 118 valence electrons. The van der Waals surface area contributed by atoms with E-state index < -0.39 is 22.5 Å². The van der Waals surface area contributed by atoms with E-state index in [-0.39, 0.29) is 11.5 Å². The van der Waals surface area contributed by atoms with Crippen molar-refractivity contribution < 1.29 is 17.9 Å². The van der Waals surface area contributed by atoms with Gasteiger partial charge in [0.15, 0.2) is 0 Å². The van der Waals surface area contributed by atoms with E-state index in [2.05, 4.69) is 4.72 Å². The van der Waals surface area contributed by atoms with Crippen LogP contribution in [-0.2, 0) is 26.2 Å². The molecule has 1 N–H and O–H groups in total. The highest BCUT2D eigenvalue weighted by atomic mass is 32.2. The summed E-state index contributed by atoms with van der Waals surface area (Å²) in [7, 11) is -3.73. The Balaban J connectivity index is 1.84. The van der Waals surface area contributed by atoms with Crippen LogP contribution < -0.4 is 4.72 Å². The summed E-state index contributed by atoms with van der Waals surface area (Å²) in [5, 5.41) is 8.69. The Morgan fingerprint density at radius 2 is 1.74 bits per heavy atom. The third kappa shape index (κ3) is 4.92. The molecule has 0 aliphatic rings. The van der Waals surface area contributed by atoms with Crippen LogP contribution in [0.5, 0.6) is 0 Å². The van der Waals surface area contributed by atoms with Gasteiger partial charge in [0.2, 0.25) is 10.0 Å². The highest BCUT2D eigenvalue weighted by Crippen LogP contribution is 2.07. The second-order valence-electron chi connectivity index (χ2n) is 4.61.